The molecule has 84 valence electrons. The summed E-state index contributed by atoms with van der Waals surface area (Å²) in [5.74, 6) is 0.139. The van der Waals surface area contributed by atoms with Crippen LogP contribution < -0.4 is 0 Å². The molecule has 0 aromatic heterocycles. The first kappa shape index (κ1) is 11.9. The lowest BCUT2D eigenvalue weighted by atomic mass is 10.2. The molecule has 0 aromatic rings. The van der Waals surface area contributed by atoms with Gasteiger partial charge >= 0.3 is 12.1 Å². The summed E-state index contributed by atoms with van der Waals surface area (Å²) in [4.78, 5) is 23.6. The largest absolute Gasteiger partial charge is 0.480 e. The van der Waals surface area contributed by atoms with Crippen LogP contribution in [0.2, 0.25) is 0 Å². The van der Waals surface area contributed by atoms with E-state index in [1.165, 1.54) is 22.7 Å². The Morgan fingerprint density at radius 3 is 3.00 bits per heavy atom. The van der Waals surface area contributed by atoms with E-state index in [4.69, 9.17) is 9.84 Å². The standard InChI is InChI=1S/C9H13NO4S/c1-2-4-14-9(13)10-6-15-5-3-7(10)8(11)12/h2,7H,1,3-6H2,(H,11,12). The third-order valence-corrected chi connectivity index (χ3v) is 2.97. The van der Waals surface area contributed by atoms with E-state index in [-0.39, 0.29) is 6.61 Å². The van der Waals surface area contributed by atoms with Crippen molar-refractivity contribution in [1.29, 1.82) is 0 Å². The van der Waals surface area contributed by atoms with Crippen molar-refractivity contribution in [3.63, 3.8) is 0 Å². The van der Waals surface area contributed by atoms with Gasteiger partial charge in [0.25, 0.3) is 0 Å². The zero-order valence-electron chi connectivity index (χ0n) is 8.22. The average molecular weight is 231 g/mol. The number of aliphatic carboxylic acids is 1. The molecule has 1 N–H and O–H groups in total. The predicted octanol–water partition coefficient (Wildman–Crippen LogP) is 1.16. The molecule has 1 rings (SSSR count). The van der Waals surface area contributed by atoms with Crippen LogP contribution in [0, 0.1) is 0 Å². The Balaban J connectivity index is 2.58. The molecule has 0 bridgehead atoms. The third-order valence-electron chi connectivity index (χ3n) is 1.99. The molecule has 1 fully saturated rings. The van der Waals surface area contributed by atoms with Crippen LogP contribution in [0.5, 0.6) is 0 Å². The highest BCUT2D eigenvalue weighted by Gasteiger charge is 2.33. The van der Waals surface area contributed by atoms with Gasteiger partial charge in [0.15, 0.2) is 0 Å². The first-order chi connectivity index (χ1) is 7.16. The molecule has 1 amide bonds. The molecule has 0 spiro atoms. The van der Waals surface area contributed by atoms with Gasteiger partial charge in [-0.25, -0.2) is 9.59 Å². The van der Waals surface area contributed by atoms with E-state index in [2.05, 4.69) is 6.58 Å². The molecule has 1 saturated heterocycles. The number of carboxylic acids is 1. The Morgan fingerprint density at radius 1 is 1.67 bits per heavy atom. The summed E-state index contributed by atoms with van der Waals surface area (Å²) >= 11 is 1.52. The van der Waals surface area contributed by atoms with Gasteiger partial charge in [-0.1, -0.05) is 12.7 Å². The summed E-state index contributed by atoms with van der Waals surface area (Å²) < 4.78 is 4.80. The SMILES string of the molecule is C=CCOC(=O)N1CSCCC1C(=O)O. The van der Waals surface area contributed by atoms with Crippen LogP contribution in [0.3, 0.4) is 0 Å². The van der Waals surface area contributed by atoms with Crippen LogP contribution in [0.15, 0.2) is 12.7 Å². The van der Waals surface area contributed by atoms with Crippen molar-refractivity contribution in [3.05, 3.63) is 12.7 Å². The number of carbonyl (C=O) groups excluding carboxylic acids is 1. The average Bonchev–Trinajstić information content (AvgIpc) is 2.25. The van der Waals surface area contributed by atoms with E-state index in [1.54, 1.807) is 0 Å². The minimum atomic E-state index is -0.981. The van der Waals surface area contributed by atoms with Crippen LogP contribution in [0.4, 0.5) is 4.79 Å². The van der Waals surface area contributed by atoms with Crippen LogP contribution in [-0.4, -0.2) is 46.3 Å². The predicted molar refractivity (Wildman–Crippen MR) is 56.7 cm³/mol. The number of amides is 1. The van der Waals surface area contributed by atoms with Gasteiger partial charge in [-0.2, -0.15) is 0 Å². The zero-order chi connectivity index (χ0) is 11.3. The molecule has 1 heterocycles. The quantitative estimate of drug-likeness (QED) is 0.738. The first-order valence-electron chi connectivity index (χ1n) is 4.51. The lowest BCUT2D eigenvalue weighted by molar-refractivity contribution is -0.142. The fourth-order valence-electron chi connectivity index (χ4n) is 1.25. The number of ether oxygens (including phenoxy) is 1. The van der Waals surface area contributed by atoms with Crippen molar-refractivity contribution in [2.75, 3.05) is 18.2 Å². The number of carboxylic acid groups (broad SMARTS) is 1. The van der Waals surface area contributed by atoms with Gasteiger partial charge < -0.3 is 9.84 Å². The lowest BCUT2D eigenvalue weighted by Gasteiger charge is -2.31. The van der Waals surface area contributed by atoms with Gasteiger partial charge in [-0.15, -0.1) is 11.8 Å². The number of hydrogen-bond acceptors (Lipinski definition) is 4. The molecule has 1 atom stereocenters. The molecular formula is C9H13NO4S. The van der Waals surface area contributed by atoms with Gasteiger partial charge in [0, 0.05) is 0 Å². The molecule has 1 aliphatic heterocycles. The Kier molecular flexibility index (Phi) is 4.48. The summed E-state index contributed by atoms with van der Waals surface area (Å²) in [6.07, 6.45) is 1.32. The van der Waals surface area contributed by atoms with Gasteiger partial charge in [0.05, 0.1) is 5.88 Å². The molecule has 1 aliphatic rings. The van der Waals surface area contributed by atoms with Crippen molar-refractivity contribution in [2.24, 2.45) is 0 Å². The molecule has 0 aliphatic carbocycles. The fourth-order valence-corrected chi connectivity index (χ4v) is 2.25. The van der Waals surface area contributed by atoms with E-state index in [1.807, 2.05) is 0 Å². The van der Waals surface area contributed by atoms with Crippen molar-refractivity contribution >= 4 is 23.8 Å². The molecule has 6 heteroatoms. The minimum Gasteiger partial charge on any atom is -0.480 e. The number of hydrogen-bond donors (Lipinski definition) is 1. The third kappa shape index (κ3) is 3.16. The van der Waals surface area contributed by atoms with Crippen molar-refractivity contribution in [3.8, 4) is 0 Å². The maximum Gasteiger partial charge on any atom is 0.411 e. The molecule has 0 radical (unpaired) electrons. The van der Waals surface area contributed by atoms with E-state index >= 15 is 0 Å². The normalized spacial score (nSPS) is 20.8. The summed E-state index contributed by atoms with van der Waals surface area (Å²) in [6.45, 7) is 3.52. The smallest absolute Gasteiger partial charge is 0.411 e. The van der Waals surface area contributed by atoms with Gasteiger partial charge in [0.1, 0.15) is 12.6 Å². The van der Waals surface area contributed by atoms with Gasteiger partial charge in [-0.05, 0) is 12.2 Å². The van der Waals surface area contributed by atoms with Crippen molar-refractivity contribution < 1.29 is 19.4 Å². The fraction of sp³-hybridized carbons (Fsp3) is 0.556. The lowest BCUT2D eigenvalue weighted by Crippen LogP contribution is -2.47. The maximum absolute atomic E-state index is 11.5. The molecule has 15 heavy (non-hydrogen) atoms. The second-order valence-corrected chi connectivity index (χ2v) is 4.09. The van der Waals surface area contributed by atoms with Crippen molar-refractivity contribution in [2.45, 2.75) is 12.5 Å². The van der Waals surface area contributed by atoms with E-state index in [9.17, 15) is 9.59 Å². The molecule has 0 aromatic carbocycles. The van der Waals surface area contributed by atoms with E-state index in [0.717, 1.165) is 5.75 Å². The van der Waals surface area contributed by atoms with Gasteiger partial charge in [0.2, 0.25) is 0 Å². The summed E-state index contributed by atoms with van der Waals surface area (Å²) in [5.41, 5.74) is 0. The molecule has 0 saturated carbocycles. The Bertz CT molecular complexity index is 269. The summed E-state index contributed by atoms with van der Waals surface area (Å²) in [7, 11) is 0. The number of thioether (sulfide) groups is 1. The van der Waals surface area contributed by atoms with Crippen LogP contribution >= 0.6 is 11.8 Å². The highest BCUT2D eigenvalue weighted by atomic mass is 32.2. The molecule has 1 unspecified atom stereocenters. The highest BCUT2D eigenvalue weighted by molar-refractivity contribution is 7.99. The van der Waals surface area contributed by atoms with E-state index < -0.39 is 18.1 Å². The zero-order valence-corrected chi connectivity index (χ0v) is 9.03. The summed E-state index contributed by atoms with van der Waals surface area (Å²) in [6, 6.07) is -0.761. The van der Waals surface area contributed by atoms with Crippen LogP contribution in [0.1, 0.15) is 6.42 Å². The number of carbonyl (C=O) groups is 2. The number of rotatable bonds is 3. The van der Waals surface area contributed by atoms with Crippen LogP contribution in [-0.2, 0) is 9.53 Å². The van der Waals surface area contributed by atoms with Gasteiger partial charge in [-0.3, -0.25) is 4.90 Å². The van der Waals surface area contributed by atoms with Crippen LogP contribution in [0.25, 0.3) is 0 Å². The van der Waals surface area contributed by atoms with E-state index in [0.29, 0.717) is 12.3 Å². The second-order valence-electron chi connectivity index (χ2n) is 3.02. The molecule has 5 nitrogen and oxygen atoms in total. The minimum absolute atomic E-state index is 0.104. The monoisotopic (exact) mass is 231 g/mol. The Hall–Kier alpha value is -1.17. The number of nitrogens with zero attached hydrogens (tertiary/aromatic N) is 1. The highest BCUT2D eigenvalue weighted by Crippen LogP contribution is 2.21. The second kappa shape index (κ2) is 5.65. The first-order valence-corrected chi connectivity index (χ1v) is 5.67. The van der Waals surface area contributed by atoms with Crippen molar-refractivity contribution in [1.82, 2.24) is 4.90 Å². The Morgan fingerprint density at radius 2 is 2.40 bits per heavy atom. The topological polar surface area (TPSA) is 66.8 Å². The maximum atomic E-state index is 11.5. The summed E-state index contributed by atoms with van der Waals surface area (Å²) in [5, 5.41) is 8.90. The molecular weight excluding hydrogens is 218 g/mol. The Labute approximate surface area is 92.1 Å².